The number of carbonyl (C=O) groups excluding carboxylic acids is 2. The van der Waals surface area contributed by atoms with Crippen molar-refractivity contribution in [2.24, 2.45) is 0 Å². The Bertz CT molecular complexity index is 650. The van der Waals surface area contributed by atoms with E-state index in [1.54, 1.807) is 28.0 Å². The minimum atomic E-state index is -0.633. The topological polar surface area (TPSA) is 64.1 Å². The lowest BCUT2D eigenvalue weighted by Gasteiger charge is -2.46. The Hall–Kier alpha value is -1.50. The molecule has 25 heavy (non-hydrogen) atoms. The molecule has 1 aromatic rings. The van der Waals surface area contributed by atoms with Crippen LogP contribution in [0, 0.1) is 0 Å². The van der Waals surface area contributed by atoms with Crippen molar-refractivity contribution < 1.29 is 14.7 Å². The van der Waals surface area contributed by atoms with Crippen molar-refractivity contribution >= 4 is 35.0 Å². The monoisotopic (exact) mass is 385 g/mol. The molecule has 8 heteroatoms. The predicted octanol–water partition coefficient (Wildman–Crippen LogP) is 1.27. The predicted molar refractivity (Wildman–Crippen MR) is 95.9 cm³/mol. The Morgan fingerprint density at radius 2 is 1.84 bits per heavy atom. The first-order valence-electron chi connectivity index (χ1n) is 8.31. The first-order chi connectivity index (χ1) is 12.0. The number of alkyl halides is 2. The number of carbonyl (C=O) groups is 2. The Morgan fingerprint density at radius 3 is 2.48 bits per heavy atom. The number of amides is 2. The molecule has 0 saturated carbocycles. The summed E-state index contributed by atoms with van der Waals surface area (Å²) in [6.07, 6.45) is 0. The molecule has 2 aliphatic heterocycles. The number of rotatable bonds is 5. The molecule has 0 aliphatic carbocycles. The zero-order chi connectivity index (χ0) is 18.0. The molecule has 2 fully saturated rings. The number of halogens is 2. The number of piperazine rings is 1. The molecule has 3 rings (SSSR count). The molecule has 2 aliphatic rings. The second-order valence-electron chi connectivity index (χ2n) is 6.29. The van der Waals surface area contributed by atoms with Crippen molar-refractivity contribution in [2.45, 2.75) is 11.4 Å². The normalized spacial score (nSPS) is 24.3. The fourth-order valence-corrected chi connectivity index (χ4v) is 3.94. The molecule has 0 bridgehead atoms. The highest BCUT2D eigenvalue weighted by molar-refractivity contribution is 6.33. The highest BCUT2D eigenvalue weighted by Crippen LogP contribution is 2.41. The SMILES string of the molecule is O=C(CCl)N1CCN(CCN2C(=O)C(Cl)C2c2ccccc2O)CC1. The zero-order valence-corrected chi connectivity index (χ0v) is 15.3. The summed E-state index contributed by atoms with van der Waals surface area (Å²) in [6.45, 7) is 4.08. The van der Waals surface area contributed by atoms with E-state index in [4.69, 9.17) is 23.2 Å². The molecule has 1 aromatic carbocycles. The van der Waals surface area contributed by atoms with Crippen LogP contribution in [0.2, 0.25) is 0 Å². The van der Waals surface area contributed by atoms with Gasteiger partial charge in [0.1, 0.15) is 17.0 Å². The lowest BCUT2D eigenvalue weighted by molar-refractivity contribution is -0.145. The lowest BCUT2D eigenvalue weighted by atomic mass is 9.92. The van der Waals surface area contributed by atoms with Gasteiger partial charge < -0.3 is 14.9 Å². The summed E-state index contributed by atoms with van der Waals surface area (Å²) in [5, 5.41) is 9.40. The summed E-state index contributed by atoms with van der Waals surface area (Å²) in [6, 6.07) is 6.68. The fraction of sp³-hybridized carbons (Fsp3) is 0.529. The largest absolute Gasteiger partial charge is 0.508 e. The van der Waals surface area contributed by atoms with Crippen LogP contribution in [0.5, 0.6) is 5.75 Å². The molecule has 1 N–H and O–H groups in total. The van der Waals surface area contributed by atoms with Gasteiger partial charge in [-0.3, -0.25) is 14.5 Å². The van der Waals surface area contributed by atoms with Gasteiger partial charge in [0.25, 0.3) is 0 Å². The third kappa shape index (κ3) is 3.71. The number of para-hydroxylation sites is 1. The van der Waals surface area contributed by atoms with E-state index in [1.165, 1.54) is 0 Å². The van der Waals surface area contributed by atoms with E-state index in [0.29, 0.717) is 31.7 Å². The molecule has 2 saturated heterocycles. The van der Waals surface area contributed by atoms with Crippen LogP contribution < -0.4 is 0 Å². The number of likely N-dealkylation sites (tertiary alicyclic amines) is 1. The van der Waals surface area contributed by atoms with Gasteiger partial charge in [0.15, 0.2) is 0 Å². The van der Waals surface area contributed by atoms with Crippen LogP contribution >= 0.6 is 23.2 Å². The van der Waals surface area contributed by atoms with Crippen LogP contribution in [0.15, 0.2) is 24.3 Å². The molecule has 136 valence electrons. The number of benzene rings is 1. The quantitative estimate of drug-likeness (QED) is 0.612. The van der Waals surface area contributed by atoms with E-state index in [9.17, 15) is 14.7 Å². The molecule has 6 nitrogen and oxygen atoms in total. The molecule has 2 heterocycles. The minimum absolute atomic E-state index is 0.0155. The van der Waals surface area contributed by atoms with Crippen molar-refractivity contribution in [3.63, 3.8) is 0 Å². The maximum absolute atomic E-state index is 12.1. The minimum Gasteiger partial charge on any atom is -0.508 e. The molecule has 2 unspecified atom stereocenters. The zero-order valence-electron chi connectivity index (χ0n) is 13.8. The van der Waals surface area contributed by atoms with E-state index in [0.717, 1.165) is 13.1 Å². The van der Waals surface area contributed by atoms with E-state index < -0.39 is 5.38 Å². The van der Waals surface area contributed by atoms with Crippen molar-refractivity contribution in [1.82, 2.24) is 14.7 Å². The number of hydrogen-bond donors (Lipinski definition) is 1. The lowest BCUT2D eigenvalue weighted by Crippen LogP contribution is -2.58. The number of phenolic OH excluding ortho intramolecular Hbond substituents is 1. The third-order valence-corrected chi connectivity index (χ3v) is 5.54. The smallest absolute Gasteiger partial charge is 0.243 e. The van der Waals surface area contributed by atoms with Gasteiger partial charge in [0.2, 0.25) is 11.8 Å². The average Bonchev–Trinajstić information content (AvgIpc) is 2.65. The number of aromatic hydroxyl groups is 1. The first kappa shape index (κ1) is 18.3. The highest BCUT2D eigenvalue weighted by Gasteiger charge is 2.47. The maximum atomic E-state index is 12.1. The summed E-state index contributed by atoms with van der Waals surface area (Å²) in [4.78, 5) is 29.4. The van der Waals surface area contributed by atoms with Gasteiger partial charge in [-0.1, -0.05) is 18.2 Å². The van der Waals surface area contributed by atoms with Gasteiger partial charge in [0.05, 0.1) is 6.04 Å². The van der Waals surface area contributed by atoms with Crippen molar-refractivity contribution in [3.8, 4) is 5.75 Å². The number of nitrogens with zero attached hydrogens (tertiary/aromatic N) is 3. The maximum Gasteiger partial charge on any atom is 0.243 e. The van der Waals surface area contributed by atoms with Crippen LogP contribution in [-0.2, 0) is 9.59 Å². The van der Waals surface area contributed by atoms with E-state index in [-0.39, 0.29) is 29.5 Å². The van der Waals surface area contributed by atoms with Crippen LogP contribution in [-0.4, -0.2) is 82.1 Å². The second-order valence-corrected chi connectivity index (χ2v) is 7.03. The molecular weight excluding hydrogens is 365 g/mol. The van der Waals surface area contributed by atoms with Gasteiger partial charge >= 0.3 is 0 Å². The van der Waals surface area contributed by atoms with Crippen LogP contribution in [0.3, 0.4) is 0 Å². The third-order valence-electron chi connectivity index (χ3n) is 4.88. The number of β-lactam (4-membered cyclic amide) rings is 1. The fourth-order valence-electron chi connectivity index (χ4n) is 3.37. The number of phenols is 1. The van der Waals surface area contributed by atoms with E-state index >= 15 is 0 Å². The summed E-state index contributed by atoms with van der Waals surface area (Å²) in [7, 11) is 0. The van der Waals surface area contributed by atoms with Crippen LogP contribution in [0.1, 0.15) is 11.6 Å². The first-order valence-corrected chi connectivity index (χ1v) is 9.28. The highest BCUT2D eigenvalue weighted by atomic mass is 35.5. The molecule has 0 aromatic heterocycles. The van der Waals surface area contributed by atoms with E-state index in [2.05, 4.69) is 4.90 Å². The van der Waals surface area contributed by atoms with Crippen LogP contribution in [0.25, 0.3) is 0 Å². The standard InChI is InChI=1S/C17H21Cl2N3O3/c18-11-14(24)21-8-5-20(6-9-21)7-10-22-16(15(19)17(22)25)12-3-1-2-4-13(12)23/h1-4,15-16,23H,5-11H2. The molecule has 0 radical (unpaired) electrons. The summed E-state index contributed by atoms with van der Waals surface area (Å²) in [5.41, 5.74) is 0.680. The summed E-state index contributed by atoms with van der Waals surface area (Å²) < 4.78 is 0. The van der Waals surface area contributed by atoms with Gasteiger partial charge in [0, 0.05) is 44.8 Å². The van der Waals surface area contributed by atoms with Gasteiger partial charge in [-0.25, -0.2) is 0 Å². The molecule has 0 spiro atoms. The Labute approximate surface area is 156 Å². The van der Waals surface area contributed by atoms with Crippen LogP contribution in [0.4, 0.5) is 0 Å². The Balaban J connectivity index is 1.55. The average molecular weight is 386 g/mol. The van der Waals surface area contributed by atoms with E-state index in [1.807, 2.05) is 6.07 Å². The van der Waals surface area contributed by atoms with Crippen molar-refractivity contribution in [1.29, 1.82) is 0 Å². The summed E-state index contributed by atoms with van der Waals surface area (Å²) >= 11 is 11.8. The molecule has 2 atom stereocenters. The second kappa shape index (κ2) is 7.81. The van der Waals surface area contributed by atoms with Gasteiger partial charge in [-0.05, 0) is 6.07 Å². The van der Waals surface area contributed by atoms with Gasteiger partial charge in [-0.15, -0.1) is 23.2 Å². The number of hydrogen-bond acceptors (Lipinski definition) is 4. The van der Waals surface area contributed by atoms with Crippen molar-refractivity contribution in [2.75, 3.05) is 45.1 Å². The Kier molecular flexibility index (Phi) is 5.71. The van der Waals surface area contributed by atoms with Crippen molar-refractivity contribution in [3.05, 3.63) is 29.8 Å². The Morgan fingerprint density at radius 1 is 1.16 bits per heavy atom. The molecular formula is C17H21Cl2N3O3. The van der Waals surface area contributed by atoms with Gasteiger partial charge in [-0.2, -0.15) is 0 Å². The summed E-state index contributed by atoms with van der Waals surface area (Å²) in [5.74, 6) is 0.0281. The molecule has 2 amide bonds.